The van der Waals surface area contributed by atoms with Crippen LogP contribution >= 0.6 is 0 Å². The largest absolute Gasteiger partial charge is 0.458 e. The molecule has 0 aromatic heterocycles. The number of ether oxygens (including phenoxy) is 1. The molecule has 0 bridgehead atoms. The van der Waals surface area contributed by atoms with E-state index in [-0.39, 0.29) is 30.2 Å². The summed E-state index contributed by atoms with van der Waals surface area (Å²) in [5.74, 6) is 0.338. The number of cyclic esters (lactones) is 1. The fraction of sp³-hybridized carbons (Fsp3) is 0.778. The first-order chi connectivity index (χ1) is 5.77. The second kappa shape index (κ2) is 2.88. The average Bonchev–Trinajstić information content (AvgIpc) is 2.44. The smallest absolute Gasteiger partial charge is 0.306 e. The van der Waals surface area contributed by atoms with E-state index in [1.165, 1.54) is 0 Å². The Morgan fingerprint density at radius 3 is 2.92 bits per heavy atom. The molecule has 1 saturated carbocycles. The van der Waals surface area contributed by atoms with E-state index in [0.29, 0.717) is 6.42 Å². The minimum atomic E-state index is -0.197. The normalized spacial score (nSPS) is 35.7. The van der Waals surface area contributed by atoms with Gasteiger partial charge in [-0.2, -0.15) is 0 Å². The van der Waals surface area contributed by atoms with Gasteiger partial charge in [-0.25, -0.2) is 0 Å². The highest BCUT2D eigenvalue weighted by atomic mass is 16.5. The SMILES string of the molecule is O=C1C[C@H]2CCC[C@H]2C(=O)CO1. The van der Waals surface area contributed by atoms with Gasteiger partial charge in [0.25, 0.3) is 0 Å². The fourth-order valence-electron chi connectivity index (χ4n) is 2.24. The summed E-state index contributed by atoms with van der Waals surface area (Å²) >= 11 is 0. The van der Waals surface area contributed by atoms with Gasteiger partial charge in [-0.15, -0.1) is 0 Å². The molecule has 0 aromatic carbocycles. The first kappa shape index (κ1) is 7.77. The van der Waals surface area contributed by atoms with Crippen molar-refractivity contribution in [2.24, 2.45) is 11.8 Å². The van der Waals surface area contributed by atoms with Crippen LogP contribution in [0.25, 0.3) is 0 Å². The van der Waals surface area contributed by atoms with Crippen LogP contribution in [0.5, 0.6) is 0 Å². The lowest BCUT2D eigenvalue weighted by Gasteiger charge is -2.10. The van der Waals surface area contributed by atoms with Crippen LogP contribution in [0.4, 0.5) is 0 Å². The zero-order valence-electron chi connectivity index (χ0n) is 6.91. The van der Waals surface area contributed by atoms with Crippen LogP contribution < -0.4 is 0 Å². The van der Waals surface area contributed by atoms with E-state index in [2.05, 4.69) is 0 Å². The summed E-state index contributed by atoms with van der Waals surface area (Å²) < 4.78 is 4.76. The third-order valence-electron chi connectivity index (χ3n) is 2.88. The Bertz CT molecular complexity index is 222. The second-order valence-corrected chi connectivity index (χ2v) is 3.63. The molecule has 0 radical (unpaired) electrons. The molecule has 2 rings (SSSR count). The molecule has 3 heteroatoms. The van der Waals surface area contributed by atoms with Crippen molar-refractivity contribution >= 4 is 11.8 Å². The molecule has 1 aliphatic heterocycles. The predicted molar refractivity (Wildman–Crippen MR) is 41.4 cm³/mol. The van der Waals surface area contributed by atoms with Crippen molar-refractivity contribution < 1.29 is 14.3 Å². The number of ketones is 1. The number of esters is 1. The maximum Gasteiger partial charge on any atom is 0.306 e. The standard InChI is InChI=1S/C9H12O3/c10-8-5-12-9(11)4-6-2-1-3-7(6)8/h6-7H,1-5H2/t6-,7-/m1/s1. The Kier molecular flexibility index (Phi) is 1.87. The quantitative estimate of drug-likeness (QED) is 0.505. The summed E-state index contributed by atoms with van der Waals surface area (Å²) in [6.07, 6.45) is 3.52. The van der Waals surface area contributed by atoms with Gasteiger partial charge >= 0.3 is 5.97 Å². The summed E-state index contributed by atoms with van der Waals surface area (Å²) in [6.45, 7) is 0.0139. The number of carbonyl (C=O) groups excluding carboxylic acids is 2. The minimum Gasteiger partial charge on any atom is -0.458 e. The summed E-state index contributed by atoms with van der Waals surface area (Å²) in [7, 11) is 0. The molecular formula is C9H12O3. The summed E-state index contributed by atoms with van der Waals surface area (Å²) in [5, 5.41) is 0. The first-order valence-corrected chi connectivity index (χ1v) is 4.45. The number of fused-ring (bicyclic) bond motifs is 1. The van der Waals surface area contributed by atoms with Crippen LogP contribution in [-0.2, 0) is 14.3 Å². The molecule has 1 aliphatic carbocycles. The van der Waals surface area contributed by atoms with Gasteiger partial charge in [-0.1, -0.05) is 6.42 Å². The van der Waals surface area contributed by atoms with Gasteiger partial charge in [-0.05, 0) is 18.8 Å². The first-order valence-electron chi connectivity index (χ1n) is 4.45. The van der Waals surface area contributed by atoms with E-state index < -0.39 is 0 Å². The molecule has 1 heterocycles. The highest BCUT2D eigenvalue weighted by molar-refractivity contribution is 5.87. The number of hydrogen-bond donors (Lipinski definition) is 0. The highest BCUT2D eigenvalue weighted by Gasteiger charge is 2.37. The van der Waals surface area contributed by atoms with Crippen LogP contribution in [0.3, 0.4) is 0 Å². The monoisotopic (exact) mass is 168 g/mol. The van der Waals surface area contributed by atoms with Crippen molar-refractivity contribution in [3.05, 3.63) is 0 Å². The molecular weight excluding hydrogens is 156 g/mol. The molecule has 3 nitrogen and oxygen atoms in total. The molecule has 66 valence electrons. The molecule has 0 amide bonds. The molecule has 0 unspecified atom stereocenters. The van der Waals surface area contributed by atoms with E-state index in [1.807, 2.05) is 0 Å². The van der Waals surface area contributed by atoms with Crippen LogP contribution in [0.2, 0.25) is 0 Å². The molecule has 0 aromatic rings. The molecule has 2 atom stereocenters. The van der Waals surface area contributed by atoms with Gasteiger partial charge in [0, 0.05) is 12.3 Å². The third-order valence-corrected chi connectivity index (χ3v) is 2.88. The molecule has 1 saturated heterocycles. The highest BCUT2D eigenvalue weighted by Crippen LogP contribution is 2.36. The van der Waals surface area contributed by atoms with Crippen molar-refractivity contribution in [2.45, 2.75) is 25.7 Å². The second-order valence-electron chi connectivity index (χ2n) is 3.63. The number of hydrogen-bond acceptors (Lipinski definition) is 3. The Hall–Kier alpha value is -0.860. The molecule has 0 spiro atoms. The minimum absolute atomic E-state index is 0.0139. The topological polar surface area (TPSA) is 43.4 Å². The predicted octanol–water partition coefficient (Wildman–Crippen LogP) is 0.919. The van der Waals surface area contributed by atoms with Gasteiger partial charge in [-0.3, -0.25) is 9.59 Å². The maximum atomic E-state index is 11.4. The van der Waals surface area contributed by atoms with E-state index in [4.69, 9.17) is 4.74 Å². The number of carbonyl (C=O) groups is 2. The zero-order chi connectivity index (χ0) is 8.55. The van der Waals surface area contributed by atoms with Gasteiger partial charge in [0.1, 0.15) is 6.61 Å². The summed E-state index contributed by atoms with van der Waals surface area (Å²) in [5.41, 5.74) is 0. The van der Waals surface area contributed by atoms with E-state index >= 15 is 0 Å². The zero-order valence-corrected chi connectivity index (χ0v) is 6.91. The molecule has 0 N–H and O–H groups in total. The van der Waals surface area contributed by atoms with Crippen molar-refractivity contribution in [1.29, 1.82) is 0 Å². The fourth-order valence-corrected chi connectivity index (χ4v) is 2.24. The number of Topliss-reactive ketones (excluding diaryl/α,β-unsaturated/α-hetero) is 1. The Balaban J connectivity index is 2.15. The summed E-state index contributed by atoms with van der Waals surface area (Å²) in [6, 6.07) is 0. The molecule has 2 aliphatic rings. The van der Waals surface area contributed by atoms with E-state index in [0.717, 1.165) is 19.3 Å². The van der Waals surface area contributed by atoms with Gasteiger partial charge < -0.3 is 4.74 Å². The van der Waals surface area contributed by atoms with Gasteiger partial charge in [0.15, 0.2) is 5.78 Å². The van der Waals surface area contributed by atoms with Crippen molar-refractivity contribution in [2.75, 3.05) is 6.61 Å². The van der Waals surface area contributed by atoms with Crippen LogP contribution in [0.15, 0.2) is 0 Å². The van der Waals surface area contributed by atoms with E-state index in [1.54, 1.807) is 0 Å². The van der Waals surface area contributed by atoms with Crippen molar-refractivity contribution in [1.82, 2.24) is 0 Å². The Morgan fingerprint density at radius 2 is 2.08 bits per heavy atom. The average molecular weight is 168 g/mol. The third kappa shape index (κ3) is 1.24. The lowest BCUT2D eigenvalue weighted by molar-refractivity contribution is -0.146. The van der Waals surface area contributed by atoms with Crippen molar-refractivity contribution in [3.63, 3.8) is 0 Å². The van der Waals surface area contributed by atoms with Gasteiger partial charge in [0.05, 0.1) is 0 Å². The summed E-state index contributed by atoms with van der Waals surface area (Å²) in [4.78, 5) is 22.4. The van der Waals surface area contributed by atoms with Crippen molar-refractivity contribution in [3.8, 4) is 0 Å². The van der Waals surface area contributed by atoms with Gasteiger partial charge in [0.2, 0.25) is 0 Å². The Labute approximate surface area is 71.1 Å². The number of rotatable bonds is 0. The van der Waals surface area contributed by atoms with E-state index in [9.17, 15) is 9.59 Å². The van der Waals surface area contributed by atoms with Crippen LogP contribution in [0, 0.1) is 11.8 Å². The lowest BCUT2D eigenvalue weighted by Crippen LogP contribution is -2.19. The maximum absolute atomic E-state index is 11.4. The lowest BCUT2D eigenvalue weighted by atomic mass is 9.91. The molecule has 12 heavy (non-hydrogen) atoms. The molecule has 2 fully saturated rings. The Morgan fingerprint density at radius 1 is 1.25 bits per heavy atom. The van der Waals surface area contributed by atoms with Crippen LogP contribution in [0.1, 0.15) is 25.7 Å². The van der Waals surface area contributed by atoms with Crippen LogP contribution in [-0.4, -0.2) is 18.4 Å².